The molecule has 0 aliphatic rings. The van der Waals surface area contributed by atoms with E-state index >= 15 is 0 Å². The van der Waals surface area contributed by atoms with Crippen LogP contribution in [0.1, 0.15) is 31.1 Å². The minimum atomic E-state index is -0.676. The van der Waals surface area contributed by atoms with Crippen molar-refractivity contribution >= 4 is 35.1 Å². The maximum Gasteiger partial charge on any atom is 0.340 e. The predicted molar refractivity (Wildman–Crippen MR) is 79.2 cm³/mol. The second kappa shape index (κ2) is 7.50. The molecule has 0 aliphatic heterocycles. The van der Waals surface area contributed by atoms with Crippen LogP contribution in [0.3, 0.4) is 0 Å². The number of hydrogen-bond donors (Lipinski definition) is 1. The molecule has 6 heteroatoms. The third-order valence-corrected chi connectivity index (χ3v) is 3.71. The first-order valence-electron chi connectivity index (χ1n) is 6.23. The van der Waals surface area contributed by atoms with E-state index in [0.29, 0.717) is 5.92 Å². The summed E-state index contributed by atoms with van der Waals surface area (Å²) in [6, 6.07) is 4.66. The predicted octanol–water partition coefficient (Wildman–Crippen LogP) is 3.31. The van der Waals surface area contributed by atoms with Crippen LogP contribution in [-0.4, -0.2) is 24.5 Å². The van der Waals surface area contributed by atoms with Gasteiger partial charge < -0.3 is 10.1 Å². The summed E-state index contributed by atoms with van der Waals surface area (Å²) < 4.78 is 4.91. The molecule has 4 nitrogen and oxygen atoms in total. The summed E-state index contributed by atoms with van der Waals surface area (Å²) in [4.78, 5) is 23.4. The van der Waals surface area contributed by atoms with E-state index in [1.807, 2.05) is 20.8 Å². The van der Waals surface area contributed by atoms with Gasteiger partial charge in [-0.1, -0.05) is 43.1 Å². The smallest absolute Gasteiger partial charge is 0.340 e. The zero-order chi connectivity index (χ0) is 15.3. The number of halogens is 2. The van der Waals surface area contributed by atoms with Crippen molar-refractivity contribution in [1.82, 2.24) is 5.32 Å². The van der Waals surface area contributed by atoms with Gasteiger partial charge in [0.15, 0.2) is 6.61 Å². The standard InChI is InChI=1S/C14H17Cl2NO3/c1-8(2)9(3)17-12(18)7-20-14(19)10-5-4-6-11(15)13(10)16/h4-6,8-9H,7H2,1-3H3,(H,17,18)/t9-/m0/s1. The molecule has 1 aromatic carbocycles. The third-order valence-electron chi connectivity index (χ3n) is 2.89. The van der Waals surface area contributed by atoms with Gasteiger partial charge in [0.25, 0.3) is 5.91 Å². The highest BCUT2D eigenvalue weighted by atomic mass is 35.5. The number of hydrogen-bond acceptors (Lipinski definition) is 3. The Labute approximate surface area is 128 Å². The van der Waals surface area contributed by atoms with E-state index in [1.165, 1.54) is 6.07 Å². The Morgan fingerprint density at radius 1 is 1.25 bits per heavy atom. The summed E-state index contributed by atoms with van der Waals surface area (Å²) in [5.74, 6) is -0.723. The monoisotopic (exact) mass is 317 g/mol. The molecule has 0 bridgehead atoms. The minimum absolute atomic E-state index is 0.0101. The van der Waals surface area contributed by atoms with Crippen molar-refractivity contribution in [2.45, 2.75) is 26.8 Å². The molecule has 0 unspecified atom stereocenters. The van der Waals surface area contributed by atoms with Gasteiger partial charge >= 0.3 is 5.97 Å². The lowest BCUT2D eigenvalue weighted by molar-refractivity contribution is -0.125. The quantitative estimate of drug-likeness (QED) is 0.848. The van der Waals surface area contributed by atoms with Gasteiger partial charge in [0.1, 0.15) is 0 Å². The lowest BCUT2D eigenvalue weighted by atomic mass is 10.1. The summed E-state index contributed by atoms with van der Waals surface area (Å²) >= 11 is 11.7. The van der Waals surface area contributed by atoms with E-state index < -0.39 is 5.97 Å². The molecule has 1 amide bonds. The molecule has 0 fully saturated rings. The van der Waals surface area contributed by atoms with Gasteiger partial charge in [0.2, 0.25) is 0 Å². The van der Waals surface area contributed by atoms with Gasteiger partial charge in [-0.2, -0.15) is 0 Å². The second-order valence-electron chi connectivity index (χ2n) is 4.78. The molecule has 20 heavy (non-hydrogen) atoms. The Balaban J connectivity index is 2.55. The van der Waals surface area contributed by atoms with Crippen molar-refractivity contribution in [3.05, 3.63) is 33.8 Å². The van der Waals surface area contributed by atoms with Crippen LogP contribution < -0.4 is 5.32 Å². The summed E-state index contributed by atoms with van der Waals surface area (Å²) in [5, 5.41) is 3.12. The fourth-order valence-electron chi connectivity index (χ4n) is 1.33. The molecule has 0 aliphatic carbocycles. The average Bonchev–Trinajstić information content (AvgIpc) is 2.39. The van der Waals surface area contributed by atoms with E-state index in [2.05, 4.69) is 5.32 Å². The van der Waals surface area contributed by atoms with E-state index in [-0.39, 0.29) is 34.2 Å². The van der Waals surface area contributed by atoms with Gasteiger partial charge in [-0.05, 0) is 25.0 Å². The van der Waals surface area contributed by atoms with Crippen molar-refractivity contribution in [2.75, 3.05) is 6.61 Å². The minimum Gasteiger partial charge on any atom is -0.452 e. The SMILES string of the molecule is CC(C)[C@H](C)NC(=O)COC(=O)c1cccc(Cl)c1Cl. The molecule has 1 aromatic rings. The molecule has 0 spiro atoms. The first kappa shape index (κ1) is 16.8. The number of amides is 1. The normalized spacial score (nSPS) is 12.1. The summed E-state index contributed by atoms with van der Waals surface area (Å²) in [6.45, 7) is 5.52. The molecule has 0 saturated carbocycles. The van der Waals surface area contributed by atoms with Crippen molar-refractivity contribution in [3.63, 3.8) is 0 Å². The van der Waals surface area contributed by atoms with Crippen LogP contribution in [0.25, 0.3) is 0 Å². The Hall–Kier alpha value is -1.26. The number of carbonyl (C=O) groups excluding carboxylic acids is 2. The first-order valence-corrected chi connectivity index (χ1v) is 6.99. The average molecular weight is 318 g/mol. The molecular formula is C14H17Cl2NO3. The fourth-order valence-corrected chi connectivity index (χ4v) is 1.71. The van der Waals surface area contributed by atoms with Crippen LogP contribution in [-0.2, 0) is 9.53 Å². The van der Waals surface area contributed by atoms with Crippen molar-refractivity contribution in [2.24, 2.45) is 5.92 Å². The van der Waals surface area contributed by atoms with Gasteiger partial charge in [-0.15, -0.1) is 0 Å². The topological polar surface area (TPSA) is 55.4 Å². The number of benzene rings is 1. The Morgan fingerprint density at radius 2 is 1.90 bits per heavy atom. The number of esters is 1. The number of nitrogens with one attached hydrogen (secondary N) is 1. The highest BCUT2D eigenvalue weighted by Crippen LogP contribution is 2.25. The lowest BCUT2D eigenvalue weighted by Gasteiger charge is -2.17. The molecule has 0 aromatic heterocycles. The van der Waals surface area contributed by atoms with Crippen molar-refractivity contribution in [3.8, 4) is 0 Å². The van der Waals surface area contributed by atoms with Crippen LogP contribution in [0.5, 0.6) is 0 Å². The van der Waals surface area contributed by atoms with Crippen LogP contribution >= 0.6 is 23.2 Å². The third kappa shape index (κ3) is 4.69. The van der Waals surface area contributed by atoms with E-state index in [4.69, 9.17) is 27.9 Å². The van der Waals surface area contributed by atoms with Crippen molar-refractivity contribution < 1.29 is 14.3 Å². The van der Waals surface area contributed by atoms with E-state index in [1.54, 1.807) is 12.1 Å². The number of ether oxygens (including phenoxy) is 1. The van der Waals surface area contributed by atoms with Crippen LogP contribution in [0, 0.1) is 5.92 Å². The number of rotatable bonds is 5. The van der Waals surface area contributed by atoms with Gasteiger partial charge in [-0.3, -0.25) is 4.79 Å². The first-order chi connectivity index (χ1) is 9.32. The largest absolute Gasteiger partial charge is 0.452 e. The molecule has 110 valence electrons. The fraction of sp³-hybridized carbons (Fsp3) is 0.429. The highest BCUT2D eigenvalue weighted by Gasteiger charge is 2.16. The Kier molecular flexibility index (Phi) is 6.30. The molecule has 1 rings (SSSR count). The van der Waals surface area contributed by atoms with Gasteiger partial charge in [-0.25, -0.2) is 4.79 Å². The number of carbonyl (C=O) groups is 2. The summed E-state index contributed by atoms with van der Waals surface area (Å²) in [5.41, 5.74) is 0.142. The second-order valence-corrected chi connectivity index (χ2v) is 5.56. The van der Waals surface area contributed by atoms with Gasteiger partial charge in [0, 0.05) is 6.04 Å². The van der Waals surface area contributed by atoms with Crippen LogP contribution in [0.2, 0.25) is 10.0 Å². The molecule has 0 radical (unpaired) electrons. The summed E-state index contributed by atoms with van der Waals surface area (Å²) in [6.07, 6.45) is 0. The Morgan fingerprint density at radius 3 is 2.50 bits per heavy atom. The van der Waals surface area contributed by atoms with Crippen molar-refractivity contribution in [1.29, 1.82) is 0 Å². The van der Waals surface area contributed by atoms with E-state index in [0.717, 1.165) is 0 Å². The van der Waals surface area contributed by atoms with Gasteiger partial charge in [0.05, 0.1) is 15.6 Å². The molecule has 1 atom stereocenters. The molecule has 0 heterocycles. The summed E-state index contributed by atoms with van der Waals surface area (Å²) in [7, 11) is 0. The lowest BCUT2D eigenvalue weighted by Crippen LogP contribution is -2.38. The van der Waals surface area contributed by atoms with Crippen LogP contribution in [0.15, 0.2) is 18.2 Å². The molecular weight excluding hydrogens is 301 g/mol. The Bertz CT molecular complexity index is 503. The maximum atomic E-state index is 11.8. The van der Waals surface area contributed by atoms with Crippen LogP contribution in [0.4, 0.5) is 0 Å². The molecule has 1 N–H and O–H groups in total. The molecule has 0 saturated heterocycles. The zero-order valence-corrected chi connectivity index (χ0v) is 13.1. The zero-order valence-electron chi connectivity index (χ0n) is 11.6. The maximum absolute atomic E-state index is 11.8. The highest BCUT2D eigenvalue weighted by molar-refractivity contribution is 6.43. The van der Waals surface area contributed by atoms with E-state index in [9.17, 15) is 9.59 Å².